The van der Waals surface area contributed by atoms with Crippen molar-refractivity contribution >= 4 is 33.5 Å². The van der Waals surface area contributed by atoms with Crippen LogP contribution in [0.5, 0.6) is 0 Å². The predicted octanol–water partition coefficient (Wildman–Crippen LogP) is 2.04. The van der Waals surface area contributed by atoms with Gasteiger partial charge in [0.1, 0.15) is 6.54 Å². The van der Waals surface area contributed by atoms with E-state index >= 15 is 0 Å². The highest BCUT2D eigenvalue weighted by Crippen LogP contribution is 2.33. The summed E-state index contributed by atoms with van der Waals surface area (Å²) in [5, 5.41) is 14.2. The summed E-state index contributed by atoms with van der Waals surface area (Å²) in [5.74, 6) is -0.253. The monoisotopic (exact) mass is 508 g/mol. The van der Waals surface area contributed by atoms with E-state index < -0.39 is 9.84 Å². The lowest BCUT2D eigenvalue weighted by atomic mass is 9.80. The summed E-state index contributed by atoms with van der Waals surface area (Å²) >= 11 is 1.54. The lowest BCUT2D eigenvalue weighted by molar-refractivity contribution is -0.127. The summed E-state index contributed by atoms with van der Waals surface area (Å²) in [6.45, 7) is 2.77. The molecule has 9 nitrogen and oxygen atoms in total. The van der Waals surface area contributed by atoms with Gasteiger partial charge in [0.15, 0.2) is 9.84 Å². The third-order valence-electron chi connectivity index (χ3n) is 6.15. The van der Waals surface area contributed by atoms with Gasteiger partial charge in [-0.05, 0) is 43.0 Å². The fourth-order valence-corrected chi connectivity index (χ4v) is 6.81. The van der Waals surface area contributed by atoms with Gasteiger partial charge in [0, 0.05) is 36.2 Å². The number of rotatable bonds is 9. The maximum Gasteiger partial charge on any atom is 0.317 e. The van der Waals surface area contributed by atoms with Crippen molar-refractivity contribution in [3.05, 3.63) is 24.3 Å². The van der Waals surface area contributed by atoms with Crippen LogP contribution in [-0.2, 0) is 19.4 Å². The second-order valence-electron chi connectivity index (χ2n) is 8.46. The average Bonchev–Trinajstić information content (AvgIpc) is 2.86. The molecule has 0 spiro atoms. The Morgan fingerprint density at radius 3 is 2.53 bits per heavy atom. The highest BCUT2D eigenvalue weighted by Gasteiger charge is 2.34. The van der Waals surface area contributed by atoms with Gasteiger partial charge in [0.25, 0.3) is 0 Å². The molecule has 2 N–H and O–H groups in total. The second-order valence-corrected chi connectivity index (χ2v) is 11.7. The first-order chi connectivity index (χ1) is 16.4. The van der Waals surface area contributed by atoms with Crippen molar-refractivity contribution < 1.29 is 22.7 Å². The molecule has 11 heteroatoms. The molecule has 0 bridgehead atoms. The Labute approximate surface area is 205 Å². The van der Waals surface area contributed by atoms with E-state index in [1.165, 1.54) is 0 Å². The average molecular weight is 509 g/mol. The number of nitriles is 1. The smallest absolute Gasteiger partial charge is 0.317 e. The first-order valence-corrected chi connectivity index (χ1v) is 14.3. The predicted molar refractivity (Wildman–Crippen MR) is 129 cm³/mol. The third-order valence-corrected chi connectivity index (χ3v) is 9.02. The van der Waals surface area contributed by atoms with E-state index in [4.69, 9.17) is 10.00 Å². The Morgan fingerprint density at radius 1 is 1.12 bits per heavy atom. The Bertz CT molecular complexity index is 972. The largest absolute Gasteiger partial charge is 0.378 e. The number of nitrogens with one attached hydrogen (secondary N) is 2. The van der Waals surface area contributed by atoms with Gasteiger partial charge in [-0.2, -0.15) is 5.26 Å². The normalized spacial score (nSPS) is 20.9. The minimum Gasteiger partial charge on any atom is -0.378 e. The summed E-state index contributed by atoms with van der Waals surface area (Å²) in [7, 11) is -3.54. The molecule has 2 atom stereocenters. The Balaban J connectivity index is 1.49. The Morgan fingerprint density at radius 2 is 1.82 bits per heavy atom. The van der Waals surface area contributed by atoms with E-state index in [9.17, 15) is 18.0 Å². The molecule has 0 aromatic heterocycles. The van der Waals surface area contributed by atoms with Gasteiger partial charge < -0.3 is 20.3 Å². The topological polar surface area (TPSA) is 129 Å². The van der Waals surface area contributed by atoms with Crippen LogP contribution in [0, 0.1) is 23.2 Å². The van der Waals surface area contributed by atoms with E-state index in [2.05, 4.69) is 10.6 Å². The van der Waals surface area contributed by atoms with Crippen LogP contribution in [0.1, 0.15) is 25.7 Å². The minimum absolute atomic E-state index is 0.0647. The van der Waals surface area contributed by atoms with Crippen molar-refractivity contribution in [3.8, 4) is 6.07 Å². The van der Waals surface area contributed by atoms with Crippen LogP contribution in [0.25, 0.3) is 0 Å². The van der Waals surface area contributed by atoms with Crippen LogP contribution >= 0.6 is 11.8 Å². The van der Waals surface area contributed by atoms with E-state index in [0.717, 1.165) is 17.7 Å². The number of hydrogen-bond acceptors (Lipinski definition) is 7. The fourth-order valence-electron chi connectivity index (χ4n) is 4.34. The zero-order valence-electron chi connectivity index (χ0n) is 19.2. The number of hydrogen-bond donors (Lipinski definition) is 2. The van der Waals surface area contributed by atoms with Gasteiger partial charge in [0.2, 0.25) is 5.91 Å². The zero-order valence-corrected chi connectivity index (χ0v) is 20.8. The number of carbonyl (C=O) groups excluding carboxylic acids is 2. The number of carbonyl (C=O) groups is 2. The SMILES string of the molecule is N#CCNC(=O)C1CCCCC1CS(=O)(=O)c1ccc(SCCNC(=O)N2CCOCC2)cc1. The first-order valence-electron chi connectivity index (χ1n) is 11.6. The number of thioether (sulfide) groups is 1. The molecule has 3 rings (SSSR count). The highest BCUT2D eigenvalue weighted by molar-refractivity contribution is 7.99. The molecule has 34 heavy (non-hydrogen) atoms. The van der Waals surface area contributed by atoms with Crippen molar-refractivity contribution in [1.82, 2.24) is 15.5 Å². The Hall–Kier alpha value is -2.29. The van der Waals surface area contributed by atoms with E-state index in [-0.39, 0.29) is 41.0 Å². The van der Waals surface area contributed by atoms with Crippen LogP contribution in [0.4, 0.5) is 4.79 Å². The summed E-state index contributed by atoms with van der Waals surface area (Å²) < 4.78 is 31.3. The van der Waals surface area contributed by atoms with Gasteiger partial charge in [0.05, 0.1) is 29.9 Å². The van der Waals surface area contributed by atoms with E-state index in [1.54, 1.807) is 40.9 Å². The molecule has 1 heterocycles. The van der Waals surface area contributed by atoms with Crippen molar-refractivity contribution in [2.45, 2.75) is 35.5 Å². The lowest BCUT2D eigenvalue weighted by Crippen LogP contribution is -2.46. The van der Waals surface area contributed by atoms with Gasteiger partial charge in [-0.3, -0.25) is 4.79 Å². The molecule has 186 valence electrons. The van der Waals surface area contributed by atoms with Crippen LogP contribution in [-0.4, -0.2) is 76.2 Å². The summed E-state index contributed by atoms with van der Waals surface area (Å²) in [6, 6.07) is 8.57. The number of amides is 3. The Kier molecular flexibility index (Phi) is 10.0. The van der Waals surface area contributed by atoms with Crippen molar-refractivity contribution in [1.29, 1.82) is 5.26 Å². The highest BCUT2D eigenvalue weighted by atomic mass is 32.2. The fraction of sp³-hybridized carbons (Fsp3) is 0.609. The van der Waals surface area contributed by atoms with Crippen molar-refractivity contribution in [2.75, 3.05) is 50.9 Å². The van der Waals surface area contributed by atoms with Crippen LogP contribution in [0.3, 0.4) is 0 Å². The number of urea groups is 1. The molecular formula is C23H32N4O5S2. The molecule has 2 fully saturated rings. The molecule has 1 saturated heterocycles. The lowest BCUT2D eigenvalue weighted by Gasteiger charge is -2.30. The van der Waals surface area contributed by atoms with Crippen molar-refractivity contribution in [3.63, 3.8) is 0 Å². The molecule has 1 saturated carbocycles. The molecule has 1 aromatic carbocycles. The van der Waals surface area contributed by atoms with E-state index in [0.29, 0.717) is 51.4 Å². The quantitative estimate of drug-likeness (QED) is 0.297. The summed E-state index contributed by atoms with van der Waals surface area (Å²) in [4.78, 5) is 27.4. The number of sulfone groups is 1. The van der Waals surface area contributed by atoms with Gasteiger partial charge in [-0.25, -0.2) is 13.2 Å². The standard InChI is InChI=1S/C23H32N4O5S2/c24-9-10-25-22(28)21-4-2-1-3-18(21)17-34(30,31)20-7-5-19(6-8-20)33-16-11-26-23(29)27-12-14-32-15-13-27/h5-8,18,21H,1-4,10-17H2,(H,25,28)(H,26,29). The van der Waals surface area contributed by atoms with Crippen LogP contribution < -0.4 is 10.6 Å². The second kappa shape index (κ2) is 13.0. The number of nitrogens with zero attached hydrogens (tertiary/aromatic N) is 2. The third kappa shape index (κ3) is 7.61. The zero-order chi connectivity index (χ0) is 24.4. The van der Waals surface area contributed by atoms with Gasteiger partial charge in [-0.1, -0.05) is 12.8 Å². The molecule has 3 amide bonds. The maximum absolute atomic E-state index is 13.0. The van der Waals surface area contributed by atoms with E-state index in [1.807, 2.05) is 6.07 Å². The maximum atomic E-state index is 13.0. The molecule has 1 aliphatic carbocycles. The molecular weight excluding hydrogens is 476 g/mol. The number of morpholine rings is 1. The molecule has 1 aromatic rings. The van der Waals surface area contributed by atoms with Crippen LogP contribution in [0.15, 0.2) is 34.1 Å². The molecule has 1 aliphatic heterocycles. The minimum atomic E-state index is -3.54. The summed E-state index contributed by atoms with van der Waals surface area (Å²) in [5.41, 5.74) is 0. The summed E-state index contributed by atoms with van der Waals surface area (Å²) in [6.07, 6.45) is 3.13. The molecule has 2 aliphatic rings. The molecule has 2 unspecified atom stereocenters. The van der Waals surface area contributed by atoms with Gasteiger partial charge in [-0.15, -0.1) is 11.8 Å². The van der Waals surface area contributed by atoms with Gasteiger partial charge >= 0.3 is 6.03 Å². The number of benzene rings is 1. The van der Waals surface area contributed by atoms with Crippen molar-refractivity contribution in [2.24, 2.45) is 11.8 Å². The first kappa shape index (κ1) is 26.3. The van der Waals surface area contributed by atoms with Crippen LogP contribution in [0.2, 0.25) is 0 Å². The number of ether oxygens (including phenoxy) is 1. The molecule has 0 radical (unpaired) electrons.